The molecular formula is C14H16N2O2. The Labute approximate surface area is 106 Å². The first-order chi connectivity index (χ1) is 8.62. The Morgan fingerprint density at radius 3 is 2.61 bits per heavy atom. The van der Waals surface area contributed by atoms with Crippen molar-refractivity contribution in [1.29, 1.82) is 0 Å². The number of hydrogen-bond donors (Lipinski definition) is 2. The number of amides is 1. The summed E-state index contributed by atoms with van der Waals surface area (Å²) in [7, 11) is 0. The number of rotatable bonds is 0. The molecular weight excluding hydrogens is 228 g/mol. The van der Waals surface area contributed by atoms with E-state index in [-0.39, 0.29) is 11.7 Å². The SMILES string of the molecule is Nc1cccc2c1C(=O)CC1(CCCC1)C(=O)N2. The summed E-state index contributed by atoms with van der Waals surface area (Å²) in [4.78, 5) is 24.7. The maximum absolute atomic E-state index is 12.4. The predicted octanol–water partition coefficient (Wildman–Crippen LogP) is 2.35. The molecule has 18 heavy (non-hydrogen) atoms. The third-order valence-electron chi connectivity index (χ3n) is 4.17. The predicted molar refractivity (Wildman–Crippen MR) is 69.3 cm³/mol. The monoisotopic (exact) mass is 244 g/mol. The van der Waals surface area contributed by atoms with Crippen molar-refractivity contribution in [2.45, 2.75) is 32.1 Å². The minimum Gasteiger partial charge on any atom is -0.398 e. The molecule has 2 aliphatic rings. The summed E-state index contributed by atoms with van der Waals surface area (Å²) in [6.07, 6.45) is 3.94. The molecule has 4 heteroatoms. The number of carbonyl (C=O) groups is 2. The number of nitrogen functional groups attached to an aromatic ring is 1. The van der Waals surface area contributed by atoms with Crippen molar-refractivity contribution >= 4 is 23.1 Å². The zero-order valence-corrected chi connectivity index (χ0v) is 10.2. The first kappa shape index (κ1) is 11.3. The molecule has 1 aromatic carbocycles. The number of nitrogens with two attached hydrogens (primary N) is 1. The Hall–Kier alpha value is -1.84. The molecule has 0 unspecified atom stereocenters. The molecule has 1 aliphatic carbocycles. The van der Waals surface area contributed by atoms with Gasteiger partial charge in [-0.1, -0.05) is 18.9 Å². The smallest absolute Gasteiger partial charge is 0.231 e. The van der Waals surface area contributed by atoms with Crippen molar-refractivity contribution < 1.29 is 9.59 Å². The third kappa shape index (κ3) is 1.52. The average Bonchev–Trinajstić information content (AvgIpc) is 2.74. The van der Waals surface area contributed by atoms with Gasteiger partial charge in [0, 0.05) is 12.1 Å². The van der Waals surface area contributed by atoms with Gasteiger partial charge in [-0.25, -0.2) is 0 Å². The van der Waals surface area contributed by atoms with Gasteiger partial charge in [-0.2, -0.15) is 0 Å². The zero-order valence-electron chi connectivity index (χ0n) is 10.2. The number of carbonyl (C=O) groups excluding carboxylic acids is 2. The lowest BCUT2D eigenvalue weighted by Gasteiger charge is -2.23. The van der Waals surface area contributed by atoms with E-state index in [1.165, 1.54) is 0 Å². The number of benzene rings is 1. The number of fused-ring (bicyclic) bond motifs is 1. The van der Waals surface area contributed by atoms with Crippen LogP contribution < -0.4 is 11.1 Å². The van der Waals surface area contributed by atoms with Crippen LogP contribution in [0.5, 0.6) is 0 Å². The van der Waals surface area contributed by atoms with E-state index in [0.717, 1.165) is 25.7 Å². The van der Waals surface area contributed by atoms with Gasteiger partial charge in [-0.15, -0.1) is 0 Å². The molecule has 1 aromatic rings. The van der Waals surface area contributed by atoms with Crippen LogP contribution in [0.2, 0.25) is 0 Å². The fourth-order valence-corrected chi connectivity index (χ4v) is 3.17. The molecule has 0 atom stereocenters. The number of anilines is 2. The minimum atomic E-state index is -0.497. The van der Waals surface area contributed by atoms with Crippen LogP contribution in [0.15, 0.2) is 18.2 Å². The fourth-order valence-electron chi connectivity index (χ4n) is 3.17. The quantitative estimate of drug-likeness (QED) is 0.688. The molecule has 94 valence electrons. The molecule has 1 spiro atoms. The van der Waals surface area contributed by atoms with Crippen LogP contribution in [-0.4, -0.2) is 11.7 Å². The molecule has 0 bridgehead atoms. The van der Waals surface area contributed by atoms with E-state index in [1.807, 2.05) is 0 Å². The van der Waals surface area contributed by atoms with Crippen LogP contribution in [-0.2, 0) is 4.79 Å². The fraction of sp³-hybridized carbons (Fsp3) is 0.429. The highest BCUT2D eigenvalue weighted by molar-refractivity contribution is 6.14. The van der Waals surface area contributed by atoms with Crippen LogP contribution in [0, 0.1) is 5.41 Å². The Kier molecular flexibility index (Phi) is 2.40. The van der Waals surface area contributed by atoms with Gasteiger partial charge in [0.2, 0.25) is 5.91 Å². The molecule has 1 aliphatic heterocycles. The van der Waals surface area contributed by atoms with Gasteiger partial charge in [-0.05, 0) is 25.0 Å². The van der Waals surface area contributed by atoms with Gasteiger partial charge in [-0.3, -0.25) is 9.59 Å². The van der Waals surface area contributed by atoms with Gasteiger partial charge in [0.15, 0.2) is 5.78 Å². The summed E-state index contributed by atoms with van der Waals surface area (Å²) < 4.78 is 0. The second-order valence-corrected chi connectivity index (χ2v) is 5.31. The van der Waals surface area contributed by atoms with E-state index in [0.29, 0.717) is 23.4 Å². The summed E-state index contributed by atoms with van der Waals surface area (Å²) in [5.41, 5.74) is 6.86. The topological polar surface area (TPSA) is 72.2 Å². The van der Waals surface area contributed by atoms with E-state index in [2.05, 4.69) is 5.32 Å². The van der Waals surface area contributed by atoms with Crippen LogP contribution in [0.1, 0.15) is 42.5 Å². The van der Waals surface area contributed by atoms with E-state index in [9.17, 15) is 9.59 Å². The zero-order chi connectivity index (χ0) is 12.8. The third-order valence-corrected chi connectivity index (χ3v) is 4.17. The number of hydrogen-bond acceptors (Lipinski definition) is 3. The Bertz CT molecular complexity index is 531. The van der Waals surface area contributed by atoms with E-state index in [1.54, 1.807) is 18.2 Å². The lowest BCUT2D eigenvalue weighted by molar-refractivity contribution is -0.125. The van der Waals surface area contributed by atoms with Crippen LogP contribution in [0.25, 0.3) is 0 Å². The van der Waals surface area contributed by atoms with Crippen LogP contribution >= 0.6 is 0 Å². The van der Waals surface area contributed by atoms with Crippen molar-refractivity contribution in [3.8, 4) is 0 Å². The van der Waals surface area contributed by atoms with Crippen molar-refractivity contribution in [3.05, 3.63) is 23.8 Å². The summed E-state index contributed by atoms with van der Waals surface area (Å²) in [5.74, 6) is -0.0268. The van der Waals surface area contributed by atoms with Gasteiger partial charge < -0.3 is 11.1 Å². The van der Waals surface area contributed by atoms with E-state index in [4.69, 9.17) is 5.73 Å². The van der Waals surface area contributed by atoms with E-state index < -0.39 is 5.41 Å². The summed E-state index contributed by atoms with van der Waals surface area (Å²) >= 11 is 0. The molecule has 3 rings (SSSR count). The first-order valence-electron chi connectivity index (χ1n) is 6.36. The largest absolute Gasteiger partial charge is 0.398 e. The minimum absolute atomic E-state index is 0.0108. The molecule has 0 aromatic heterocycles. The van der Waals surface area contributed by atoms with Crippen molar-refractivity contribution in [2.75, 3.05) is 11.1 Å². The highest BCUT2D eigenvalue weighted by Gasteiger charge is 2.45. The van der Waals surface area contributed by atoms with Crippen molar-refractivity contribution in [1.82, 2.24) is 0 Å². The van der Waals surface area contributed by atoms with Gasteiger partial charge >= 0.3 is 0 Å². The highest BCUT2D eigenvalue weighted by atomic mass is 16.2. The molecule has 0 saturated heterocycles. The molecule has 1 amide bonds. The van der Waals surface area contributed by atoms with Crippen LogP contribution in [0.3, 0.4) is 0 Å². The van der Waals surface area contributed by atoms with Crippen LogP contribution in [0.4, 0.5) is 11.4 Å². The lowest BCUT2D eigenvalue weighted by atomic mass is 9.80. The average molecular weight is 244 g/mol. The maximum atomic E-state index is 12.4. The normalized spacial score (nSPS) is 21.6. The standard InChI is InChI=1S/C14H16N2O2/c15-9-4-3-5-10-12(9)11(17)8-14(13(18)16-10)6-1-2-7-14/h3-5H,1-2,6-8,15H2,(H,16,18). The number of ketones is 1. The van der Waals surface area contributed by atoms with Gasteiger partial charge in [0.25, 0.3) is 0 Å². The van der Waals surface area contributed by atoms with Gasteiger partial charge in [0.05, 0.1) is 16.7 Å². The Balaban J connectivity index is 2.09. The van der Waals surface area contributed by atoms with Crippen molar-refractivity contribution in [3.63, 3.8) is 0 Å². The molecule has 0 radical (unpaired) electrons. The maximum Gasteiger partial charge on any atom is 0.231 e. The molecule has 1 saturated carbocycles. The van der Waals surface area contributed by atoms with E-state index >= 15 is 0 Å². The molecule has 1 heterocycles. The van der Waals surface area contributed by atoms with Crippen molar-refractivity contribution in [2.24, 2.45) is 5.41 Å². The number of nitrogens with one attached hydrogen (secondary N) is 1. The first-order valence-corrected chi connectivity index (χ1v) is 6.36. The second kappa shape index (κ2) is 3.83. The molecule has 1 fully saturated rings. The summed E-state index contributed by atoms with van der Waals surface area (Å²) in [6.45, 7) is 0. The summed E-state index contributed by atoms with van der Waals surface area (Å²) in [5, 5.41) is 2.89. The Morgan fingerprint density at radius 2 is 1.89 bits per heavy atom. The molecule has 3 N–H and O–H groups in total. The lowest BCUT2D eigenvalue weighted by Crippen LogP contribution is -2.33. The summed E-state index contributed by atoms with van der Waals surface area (Å²) in [6, 6.07) is 5.21. The number of Topliss-reactive ketones (excluding diaryl/α,β-unsaturated/α-hetero) is 1. The molecule has 4 nitrogen and oxygen atoms in total. The second-order valence-electron chi connectivity index (χ2n) is 5.31. The van der Waals surface area contributed by atoms with Gasteiger partial charge in [0.1, 0.15) is 0 Å². The highest BCUT2D eigenvalue weighted by Crippen LogP contribution is 2.45. The Morgan fingerprint density at radius 1 is 1.17 bits per heavy atom.